The Hall–Kier alpha value is -2.17. The number of hydrogen-bond acceptors (Lipinski definition) is 2. The van der Waals surface area contributed by atoms with Gasteiger partial charge < -0.3 is 11.1 Å². The van der Waals surface area contributed by atoms with Gasteiger partial charge in [-0.15, -0.1) is 0 Å². The van der Waals surface area contributed by atoms with Crippen LogP contribution in [0.3, 0.4) is 0 Å². The summed E-state index contributed by atoms with van der Waals surface area (Å²) in [5.74, 6) is -2.39. The van der Waals surface area contributed by atoms with E-state index in [-0.39, 0.29) is 0 Å². The van der Waals surface area contributed by atoms with Crippen LogP contribution in [0.5, 0.6) is 0 Å². The highest BCUT2D eigenvalue weighted by molar-refractivity contribution is 5.72. The molecule has 2 aromatic carbocycles. The Morgan fingerprint density at radius 3 is 2.35 bits per heavy atom. The third-order valence-electron chi connectivity index (χ3n) is 2.21. The predicted molar refractivity (Wildman–Crippen MR) is 60.5 cm³/mol. The van der Waals surface area contributed by atoms with Gasteiger partial charge in [-0.2, -0.15) is 0 Å². The van der Waals surface area contributed by atoms with Crippen LogP contribution in [0.25, 0.3) is 0 Å². The lowest BCUT2D eigenvalue weighted by Gasteiger charge is -2.09. The number of nitrogens with one attached hydrogen (secondary N) is 1. The summed E-state index contributed by atoms with van der Waals surface area (Å²) in [6.45, 7) is 0. The second-order valence-corrected chi connectivity index (χ2v) is 3.49. The third-order valence-corrected chi connectivity index (χ3v) is 2.21. The Labute approximate surface area is 95.9 Å². The Bertz CT molecular complexity index is 555. The molecule has 0 fully saturated rings. The number of benzene rings is 2. The molecule has 5 heteroatoms. The van der Waals surface area contributed by atoms with Crippen molar-refractivity contribution >= 4 is 17.1 Å². The summed E-state index contributed by atoms with van der Waals surface area (Å²) in [5.41, 5.74) is 6.52. The van der Waals surface area contributed by atoms with Crippen molar-refractivity contribution in [1.82, 2.24) is 0 Å². The van der Waals surface area contributed by atoms with Crippen molar-refractivity contribution in [3.8, 4) is 0 Å². The molecular formula is C12H9F3N2. The zero-order valence-corrected chi connectivity index (χ0v) is 8.68. The smallest absolute Gasteiger partial charge is 0.160 e. The number of nitrogen functional groups attached to an aromatic ring is 1. The van der Waals surface area contributed by atoms with E-state index in [0.29, 0.717) is 17.1 Å². The van der Waals surface area contributed by atoms with Crippen molar-refractivity contribution in [1.29, 1.82) is 0 Å². The van der Waals surface area contributed by atoms with E-state index in [1.54, 1.807) is 0 Å². The van der Waals surface area contributed by atoms with E-state index in [4.69, 9.17) is 5.73 Å². The van der Waals surface area contributed by atoms with Gasteiger partial charge in [0.25, 0.3) is 0 Å². The molecule has 0 spiro atoms. The van der Waals surface area contributed by atoms with Crippen molar-refractivity contribution < 1.29 is 13.2 Å². The summed E-state index contributed by atoms with van der Waals surface area (Å²) in [6.07, 6.45) is 0. The zero-order valence-electron chi connectivity index (χ0n) is 8.68. The number of rotatable bonds is 2. The Kier molecular flexibility index (Phi) is 2.91. The maximum absolute atomic E-state index is 13.0. The predicted octanol–water partition coefficient (Wildman–Crippen LogP) is 3.43. The minimum Gasteiger partial charge on any atom is -0.397 e. The molecule has 0 unspecified atom stereocenters. The zero-order chi connectivity index (χ0) is 12.4. The van der Waals surface area contributed by atoms with Crippen LogP contribution in [0.2, 0.25) is 0 Å². The lowest BCUT2D eigenvalue weighted by Crippen LogP contribution is -1.98. The second kappa shape index (κ2) is 4.37. The van der Waals surface area contributed by atoms with Crippen molar-refractivity contribution in [2.24, 2.45) is 0 Å². The molecule has 2 rings (SSSR count). The van der Waals surface area contributed by atoms with E-state index >= 15 is 0 Å². The highest BCUT2D eigenvalue weighted by Crippen LogP contribution is 2.24. The molecule has 88 valence electrons. The summed E-state index contributed by atoms with van der Waals surface area (Å²) >= 11 is 0. The van der Waals surface area contributed by atoms with Crippen molar-refractivity contribution in [3.05, 3.63) is 53.8 Å². The standard InChI is InChI=1S/C12H9F3N2/c13-7-1-4-11(16)12(5-7)17-8-2-3-9(14)10(15)6-8/h1-6,17H,16H2. The molecule has 0 saturated heterocycles. The minimum atomic E-state index is -0.982. The van der Waals surface area contributed by atoms with Gasteiger partial charge in [-0.3, -0.25) is 0 Å². The van der Waals surface area contributed by atoms with Crippen molar-refractivity contribution in [2.45, 2.75) is 0 Å². The molecule has 2 nitrogen and oxygen atoms in total. The van der Waals surface area contributed by atoms with Gasteiger partial charge in [-0.25, -0.2) is 13.2 Å². The third kappa shape index (κ3) is 2.50. The van der Waals surface area contributed by atoms with E-state index in [9.17, 15) is 13.2 Å². The van der Waals surface area contributed by atoms with E-state index in [0.717, 1.165) is 12.1 Å². The highest BCUT2D eigenvalue weighted by atomic mass is 19.2. The Morgan fingerprint density at radius 1 is 0.882 bits per heavy atom. The fraction of sp³-hybridized carbons (Fsp3) is 0. The number of halogens is 3. The fourth-order valence-corrected chi connectivity index (χ4v) is 1.37. The first kappa shape index (κ1) is 11.3. The quantitative estimate of drug-likeness (QED) is 0.786. The maximum atomic E-state index is 13.0. The van der Waals surface area contributed by atoms with Crippen molar-refractivity contribution in [2.75, 3.05) is 11.1 Å². The first-order valence-corrected chi connectivity index (χ1v) is 4.83. The van der Waals surface area contributed by atoms with E-state index in [2.05, 4.69) is 5.32 Å². The van der Waals surface area contributed by atoms with Gasteiger partial charge in [-0.05, 0) is 30.3 Å². The monoisotopic (exact) mass is 238 g/mol. The van der Waals surface area contributed by atoms with Crippen LogP contribution < -0.4 is 11.1 Å². The topological polar surface area (TPSA) is 38.0 Å². The summed E-state index contributed by atoms with van der Waals surface area (Å²) in [6, 6.07) is 7.06. The van der Waals surface area contributed by atoms with Gasteiger partial charge >= 0.3 is 0 Å². The van der Waals surface area contributed by atoms with Gasteiger partial charge in [-0.1, -0.05) is 0 Å². The SMILES string of the molecule is Nc1ccc(F)cc1Nc1ccc(F)c(F)c1. The average Bonchev–Trinajstić information content (AvgIpc) is 2.29. The van der Waals surface area contributed by atoms with Crippen LogP contribution in [0.1, 0.15) is 0 Å². The van der Waals surface area contributed by atoms with Gasteiger partial charge in [0.2, 0.25) is 0 Å². The van der Waals surface area contributed by atoms with Crippen molar-refractivity contribution in [3.63, 3.8) is 0 Å². The molecule has 0 aromatic heterocycles. The molecule has 0 saturated carbocycles. The summed E-state index contributed by atoms with van der Waals surface area (Å²) < 4.78 is 38.6. The second-order valence-electron chi connectivity index (χ2n) is 3.49. The van der Waals surface area contributed by atoms with Gasteiger partial charge in [0.05, 0.1) is 11.4 Å². The lowest BCUT2D eigenvalue weighted by molar-refractivity contribution is 0.509. The first-order chi connectivity index (χ1) is 8.06. The summed E-state index contributed by atoms with van der Waals surface area (Å²) in [4.78, 5) is 0. The number of hydrogen-bond donors (Lipinski definition) is 2. The number of nitrogens with two attached hydrogens (primary N) is 1. The average molecular weight is 238 g/mol. The molecule has 0 aliphatic heterocycles. The van der Waals surface area contributed by atoms with Crippen LogP contribution in [0.4, 0.5) is 30.2 Å². The number of anilines is 3. The van der Waals surface area contributed by atoms with Gasteiger partial charge in [0.1, 0.15) is 5.82 Å². The molecule has 0 bridgehead atoms. The first-order valence-electron chi connectivity index (χ1n) is 4.83. The minimum absolute atomic E-state index is 0.293. The molecule has 3 N–H and O–H groups in total. The Balaban J connectivity index is 2.31. The van der Waals surface area contributed by atoms with Crippen LogP contribution in [0.15, 0.2) is 36.4 Å². The normalized spacial score (nSPS) is 10.3. The molecular weight excluding hydrogens is 229 g/mol. The molecule has 2 aromatic rings. The Morgan fingerprint density at radius 2 is 1.65 bits per heavy atom. The van der Waals surface area contributed by atoms with Crippen LogP contribution >= 0.6 is 0 Å². The van der Waals surface area contributed by atoms with Gasteiger partial charge in [0.15, 0.2) is 11.6 Å². The largest absolute Gasteiger partial charge is 0.397 e. The molecule has 0 aliphatic rings. The van der Waals surface area contributed by atoms with E-state index in [1.807, 2.05) is 0 Å². The van der Waals surface area contributed by atoms with Crippen LogP contribution in [-0.4, -0.2) is 0 Å². The highest BCUT2D eigenvalue weighted by Gasteiger charge is 2.05. The maximum Gasteiger partial charge on any atom is 0.160 e. The molecule has 0 atom stereocenters. The van der Waals surface area contributed by atoms with E-state index < -0.39 is 17.5 Å². The van der Waals surface area contributed by atoms with Gasteiger partial charge in [0, 0.05) is 11.8 Å². The van der Waals surface area contributed by atoms with Crippen LogP contribution in [-0.2, 0) is 0 Å². The lowest BCUT2D eigenvalue weighted by atomic mass is 10.2. The summed E-state index contributed by atoms with van der Waals surface area (Å²) in [5, 5.41) is 2.71. The molecule has 0 amide bonds. The van der Waals surface area contributed by atoms with E-state index in [1.165, 1.54) is 24.3 Å². The molecule has 0 radical (unpaired) electrons. The molecule has 0 aliphatic carbocycles. The van der Waals surface area contributed by atoms with Crippen LogP contribution in [0, 0.1) is 17.5 Å². The molecule has 0 heterocycles. The molecule has 17 heavy (non-hydrogen) atoms. The summed E-state index contributed by atoms with van der Waals surface area (Å²) in [7, 11) is 0. The fourth-order valence-electron chi connectivity index (χ4n) is 1.37.